The van der Waals surface area contributed by atoms with Crippen molar-refractivity contribution < 1.29 is 9.47 Å². The Morgan fingerprint density at radius 3 is 2.76 bits per heavy atom. The molecule has 0 fully saturated rings. The number of rotatable bonds is 4. The first-order valence-electron chi connectivity index (χ1n) is 7.39. The molecule has 2 atom stereocenters. The Labute approximate surface area is 125 Å². The number of para-hydroxylation sites is 1. The van der Waals surface area contributed by atoms with Gasteiger partial charge in [0.05, 0.1) is 12.7 Å². The highest BCUT2D eigenvalue weighted by Crippen LogP contribution is 2.40. The summed E-state index contributed by atoms with van der Waals surface area (Å²) in [7, 11) is 0. The van der Waals surface area contributed by atoms with Crippen LogP contribution in [-0.2, 0) is 0 Å². The van der Waals surface area contributed by atoms with Crippen molar-refractivity contribution in [3.63, 3.8) is 0 Å². The highest BCUT2D eigenvalue weighted by atomic mass is 16.5. The van der Waals surface area contributed by atoms with Gasteiger partial charge in [-0.05, 0) is 37.6 Å². The van der Waals surface area contributed by atoms with Crippen LogP contribution < -0.4 is 15.2 Å². The topological polar surface area (TPSA) is 44.5 Å². The molecule has 2 N–H and O–H groups in total. The Bertz CT molecular complexity index is 624. The second-order valence-electron chi connectivity index (χ2n) is 5.72. The van der Waals surface area contributed by atoms with Gasteiger partial charge in [-0.3, -0.25) is 0 Å². The number of ether oxygens (including phenoxy) is 2. The summed E-state index contributed by atoms with van der Waals surface area (Å²) >= 11 is 0. The summed E-state index contributed by atoms with van der Waals surface area (Å²) in [6, 6.07) is 16.1. The third-order valence-corrected chi connectivity index (χ3v) is 3.79. The summed E-state index contributed by atoms with van der Waals surface area (Å²) in [4.78, 5) is 0. The van der Waals surface area contributed by atoms with Crippen molar-refractivity contribution in [1.29, 1.82) is 0 Å². The highest BCUT2D eigenvalue weighted by molar-refractivity contribution is 5.42. The lowest BCUT2D eigenvalue weighted by Gasteiger charge is -2.20. The second-order valence-corrected chi connectivity index (χ2v) is 5.72. The number of hydrogen-bond acceptors (Lipinski definition) is 3. The second kappa shape index (κ2) is 5.78. The highest BCUT2D eigenvalue weighted by Gasteiger charge is 2.30. The minimum atomic E-state index is -0.0932. The number of benzene rings is 2. The van der Waals surface area contributed by atoms with E-state index >= 15 is 0 Å². The molecule has 2 aromatic carbocycles. The third kappa shape index (κ3) is 2.88. The van der Waals surface area contributed by atoms with E-state index in [1.165, 1.54) is 5.56 Å². The summed E-state index contributed by atoms with van der Waals surface area (Å²) in [5, 5.41) is 0. The van der Waals surface area contributed by atoms with Gasteiger partial charge in [-0.25, -0.2) is 0 Å². The number of fused-ring (bicyclic) bond motifs is 1. The fourth-order valence-electron chi connectivity index (χ4n) is 2.78. The molecule has 2 unspecified atom stereocenters. The van der Waals surface area contributed by atoms with Gasteiger partial charge < -0.3 is 15.2 Å². The first kappa shape index (κ1) is 14.0. The molecule has 21 heavy (non-hydrogen) atoms. The normalized spacial score (nSPS) is 18.2. The van der Waals surface area contributed by atoms with Crippen LogP contribution in [-0.4, -0.2) is 12.7 Å². The van der Waals surface area contributed by atoms with E-state index in [0.29, 0.717) is 6.61 Å². The lowest BCUT2D eigenvalue weighted by molar-refractivity contribution is 0.242. The molecule has 1 heterocycles. The Kier molecular flexibility index (Phi) is 3.84. The monoisotopic (exact) mass is 283 g/mol. The predicted molar refractivity (Wildman–Crippen MR) is 83.8 cm³/mol. The van der Waals surface area contributed by atoms with E-state index in [1.54, 1.807) is 0 Å². The smallest absolute Gasteiger partial charge is 0.122 e. The summed E-state index contributed by atoms with van der Waals surface area (Å²) < 4.78 is 11.5. The Morgan fingerprint density at radius 1 is 1.14 bits per heavy atom. The van der Waals surface area contributed by atoms with Crippen molar-refractivity contribution in [1.82, 2.24) is 0 Å². The van der Waals surface area contributed by atoms with Crippen LogP contribution in [0.2, 0.25) is 0 Å². The maximum absolute atomic E-state index is 6.48. The first-order chi connectivity index (χ1) is 10.1. The van der Waals surface area contributed by atoms with Crippen LogP contribution in [0.4, 0.5) is 0 Å². The Balaban J connectivity index is 1.84. The molecule has 0 saturated carbocycles. The predicted octanol–water partition coefficient (Wildman–Crippen LogP) is 3.65. The summed E-state index contributed by atoms with van der Waals surface area (Å²) in [5.74, 6) is 2.01. The molecule has 0 amide bonds. The first-order valence-corrected chi connectivity index (χ1v) is 7.39. The van der Waals surface area contributed by atoms with Crippen molar-refractivity contribution in [3.05, 3.63) is 59.7 Å². The van der Waals surface area contributed by atoms with E-state index < -0.39 is 0 Å². The SMILES string of the molecule is CC(C)Oc1cccc(C(N)C2COc3ccccc32)c1. The largest absolute Gasteiger partial charge is 0.493 e. The van der Waals surface area contributed by atoms with Crippen molar-refractivity contribution in [2.75, 3.05) is 6.61 Å². The lowest BCUT2D eigenvalue weighted by Crippen LogP contribution is -2.21. The standard InChI is InChI=1S/C18H21NO2/c1-12(2)21-14-7-5-6-13(10-14)18(19)16-11-20-17-9-4-3-8-15(16)17/h3-10,12,16,18H,11,19H2,1-2H3. The Morgan fingerprint density at radius 2 is 1.95 bits per heavy atom. The van der Waals surface area contributed by atoms with Gasteiger partial charge in [0, 0.05) is 17.5 Å². The van der Waals surface area contributed by atoms with Crippen LogP contribution in [0.25, 0.3) is 0 Å². The van der Waals surface area contributed by atoms with Gasteiger partial charge in [-0.2, -0.15) is 0 Å². The fourth-order valence-corrected chi connectivity index (χ4v) is 2.78. The molecule has 2 aromatic rings. The van der Waals surface area contributed by atoms with Crippen molar-refractivity contribution in [2.24, 2.45) is 5.73 Å². The van der Waals surface area contributed by atoms with Gasteiger partial charge in [-0.15, -0.1) is 0 Å². The maximum Gasteiger partial charge on any atom is 0.122 e. The maximum atomic E-state index is 6.48. The average Bonchev–Trinajstić information content (AvgIpc) is 2.90. The molecule has 3 heteroatoms. The number of nitrogens with two attached hydrogens (primary N) is 1. The molecule has 110 valence electrons. The van der Waals surface area contributed by atoms with E-state index in [-0.39, 0.29) is 18.1 Å². The zero-order chi connectivity index (χ0) is 14.8. The summed E-state index contributed by atoms with van der Waals surface area (Å²) in [6.45, 7) is 4.68. The minimum absolute atomic E-state index is 0.0932. The van der Waals surface area contributed by atoms with Crippen LogP contribution in [0.1, 0.15) is 36.9 Å². The zero-order valence-corrected chi connectivity index (χ0v) is 12.5. The van der Waals surface area contributed by atoms with Crippen LogP contribution in [0.15, 0.2) is 48.5 Å². The van der Waals surface area contributed by atoms with E-state index in [2.05, 4.69) is 12.1 Å². The van der Waals surface area contributed by atoms with Gasteiger partial charge in [0.15, 0.2) is 0 Å². The molecule has 0 aromatic heterocycles. The molecular formula is C18H21NO2. The molecule has 3 rings (SSSR count). The van der Waals surface area contributed by atoms with Crippen LogP contribution >= 0.6 is 0 Å². The quantitative estimate of drug-likeness (QED) is 0.931. The minimum Gasteiger partial charge on any atom is -0.493 e. The number of hydrogen-bond donors (Lipinski definition) is 1. The zero-order valence-electron chi connectivity index (χ0n) is 12.5. The molecule has 0 aliphatic carbocycles. The molecule has 0 bridgehead atoms. The summed E-state index contributed by atoms with van der Waals surface area (Å²) in [6.07, 6.45) is 0.159. The molecule has 0 saturated heterocycles. The summed E-state index contributed by atoms with van der Waals surface area (Å²) in [5.41, 5.74) is 8.76. The molecular weight excluding hydrogens is 262 g/mol. The molecule has 1 aliphatic heterocycles. The van der Waals surface area contributed by atoms with E-state index in [9.17, 15) is 0 Å². The Hall–Kier alpha value is -2.00. The van der Waals surface area contributed by atoms with Gasteiger partial charge in [0.1, 0.15) is 11.5 Å². The van der Waals surface area contributed by atoms with Gasteiger partial charge in [0.2, 0.25) is 0 Å². The van der Waals surface area contributed by atoms with E-state index in [0.717, 1.165) is 17.1 Å². The van der Waals surface area contributed by atoms with Crippen molar-refractivity contribution in [3.8, 4) is 11.5 Å². The van der Waals surface area contributed by atoms with Gasteiger partial charge in [0.25, 0.3) is 0 Å². The third-order valence-electron chi connectivity index (χ3n) is 3.79. The van der Waals surface area contributed by atoms with Crippen LogP contribution in [0, 0.1) is 0 Å². The van der Waals surface area contributed by atoms with Crippen molar-refractivity contribution >= 4 is 0 Å². The fraction of sp³-hybridized carbons (Fsp3) is 0.333. The molecule has 1 aliphatic rings. The molecule has 0 spiro atoms. The van der Waals surface area contributed by atoms with Gasteiger partial charge in [-0.1, -0.05) is 30.3 Å². The molecule has 3 nitrogen and oxygen atoms in total. The molecule has 0 radical (unpaired) electrons. The van der Waals surface area contributed by atoms with E-state index in [1.807, 2.05) is 50.2 Å². The average molecular weight is 283 g/mol. The van der Waals surface area contributed by atoms with Crippen molar-refractivity contribution in [2.45, 2.75) is 31.9 Å². The lowest BCUT2D eigenvalue weighted by atomic mass is 9.89. The van der Waals surface area contributed by atoms with Gasteiger partial charge >= 0.3 is 0 Å². The van der Waals surface area contributed by atoms with Crippen LogP contribution in [0.5, 0.6) is 11.5 Å². The van der Waals surface area contributed by atoms with E-state index in [4.69, 9.17) is 15.2 Å². The van der Waals surface area contributed by atoms with Crippen LogP contribution in [0.3, 0.4) is 0 Å².